The predicted octanol–water partition coefficient (Wildman–Crippen LogP) is 2.75. The number of anilines is 1. The van der Waals surface area contributed by atoms with Crippen molar-refractivity contribution < 1.29 is 4.79 Å². The largest absolute Gasteiger partial charge is 0.324 e. The summed E-state index contributed by atoms with van der Waals surface area (Å²) in [6, 6.07) is 9.29. The Labute approximate surface area is 107 Å². The molecule has 0 spiro atoms. The van der Waals surface area contributed by atoms with Crippen molar-refractivity contribution in [3.05, 3.63) is 29.3 Å². The lowest BCUT2D eigenvalue weighted by molar-refractivity contribution is -0.118. The van der Waals surface area contributed by atoms with Gasteiger partial charge in [0.25, 0.3) is 0 Å². The van der Waals surface area contributed by atoms with Gasteiger partial charge in [-0.25, -0.2) is 0 Å². The summed E-state index contributed by atoms with van der Waals surface area (Å²) in [6.45, 7) is 3.73. The van der Waals surface area contributed by atoms with E-state index < -0.39 is 5.92 Å². The molecule has 4 nitrogen and oxygen atoms in total. The van der Waals surface area contributed by atoms with Crippen LogP contribution in [0.1, 0.15) is 30.9 Å². The van der Waals surface area contributed by atoms with Crippen LogP contribution in [-0.4, -0.2) is 5.91 Å². The molecule has 0 aliphatic carbocycles. The third-order valence-corrected chi connectivity index (χ3v) is 2.69. The third-order valence-electron chi connectivity index (χ3n) is 2.69. The van der Waals surface area contributed by atoms with Gasteiger partial charge in [-0.05, 0) is 25.0 Å². The number of hydrogen-bond acceptors (Lipinski definition) is 3. The Morgan fingerprint density at radius 3 is 2.72 bits per heavy atom. The number of nitriles is 2. The summed E-state index contributed by atoms with van der Waals surface area (Å²) in [6.07, 6.45) is 1.29. The number of nitrogens with one attached hydrogen (secondary N) is 1. The van der Waals surface area contributed by atoms with Gasteiger partial charge in [-0.1, -0.05) is 25.5 Å². The zero-order valence-electron chi connectivity index (χ0n) is 10.5. The topological polar surface area (TPSA) is 76.7 Å². The Bertz CT molecular complexity index is 523. The summed E-state index contributed by atoms with van der Waals surface area (Å²) >= 11 is 0. The molecule has 1 aromatic carbocycles. The van der Waals surface area contributed by atoms with E-state index in [1.807, 2.05) is 26.0 Å². The van der Waals surface area contributed by atoms with Crippen LogP contribution in [0.15, 0.2) is 18.2 Å². The number of aryl methyl sites for hydroxylation is 1. The smallest absolute Gasteiger partial charge is 0.241 e. The minimum absolute atomic E-state index is 0.346. The zero-order valence-corrected chi connectivity index (χ0v) is 10.5. The van der Waals surface area contributed by atoms with Crippen LogP contribution >= 0.6 is 0 Å². The highest BCUT2D eigenvalue weighted by Gasteiger charge is 2.18. The van der Waals surface area contributed by atoms with Gasteiger partial charge >= 0.3 is 0 Å². The molecule has 1 rings (SSSR count). The van der Waals surface area contributed by atoms with Gasteiger partial charge in [0, 0.05) is 0 Å². The lowest BCUT2D eigenvalue weighted by Gasteiger charge is -2.11. The molecular formula is C14H15N3O. The van der Waals surface area contributed by atoms with Crippen LogP contribution in [0.25, 0.3) is 0 Å². The zero-order chi connectivity index (χ0) is 13.5. The van der Waals surface area contributed by atoms with Crippen LogP contribution in [0.5, 0.6) is 0 Å². The van der Waals surface area contributed by atoms with Crippen LogP contribution in [0, 0.1) is 35.5 Å². The van der Waals surface area contributed by atoms with E-state index in [1.54, 1.807) is 12.1 Å². The van der Waals surface area contributed by atoms with E-state index in [0.717, 1.165) is 12.0 Å². The first kappa shape index (κ1) is 13.7. The first-order valence-corrected chi connectivity index (χ1v) is 5.84. The number of nitrogens with zero attached hydrogens (tertiary/aromatic N) is 2. The highest BCUT2D eigenvalue weighted by molar-refractivity contribution is 5.95. The minimum Gasteiger partial charge on any atom is -0.324 e. The Morgan fingerprint density at radius 2 is 2.17 bits per heavy atom. The highest BCUT2D eigenvalue weighted by Crippen LogP contribution is 2.19. The number of carbonyl (C=O) groups excluding carboxylic acids is 1. The first-order valence-electron chi connectivity index (χ1n) is 5.84. The molecule has 0 fully saturated rings. The maximum atomic E-state index is 11.9. The average molecular weight is 241 g/mol. The highest BCUT2D eigenvalue weighted by atomic mass is 16.1. The monoisotopic (exact) mass is 241 g/mol. The van der Waals surface area contributed by atoms with Gasteiger partial charge < -0.3 is 5.32 Å². The number of carbonyl (C=O) groups is 1. The second-order valence-corrected chi connectivity index (χ2v) is 4.07. The van der Waals surface area contributed by atoms with E-state index in [1.165, 1.54) is 0 Å². The maximum absolute atomic E-state index is 11.9. The van der Waals surface area contributed by atoms with Gasteiger partial charge in [-0.3, -0.25) is 4.79 Å². The third kappa shape index (κ3) is 3.09. The molecule has 18 heavy (non-hydrogen) atoms. The quantitative estimate of drug-likeness (QED) is 0.880. The molecule has 0 bridgehead atoms. The molecule has 1 atom stereocenters. The summed E-state index contributed by atoms with van der Waals surface area (Å²) in [4.78, 5) is 11.9. The Morgan fingerprint density at radius 1 is 1.44 bits per heavy atom. The van der Waals surface area contributed by atoms with Gasteiger partial charge in [0.1, 0.15) is 12.0 Å². The fourth-order valence-corrected chi connectivity index (χ4v) is 1.68. The lowest BCUT2D eigenvalue weighted by atomic mass is 10.0. The molecule has 4 heteroatoms. The molecule has 1 N–H and O–H groups in total. The van der Waals surface area contributed by atoms with Crippen molar-refractivity contribution in [2.24, 2.45) is 5.92 Å². The van der Waals surface area contributed by atoms with Gasteiger partial charge in [-0.15, -0.1) is 0 Å². The fraction of sp³-hybridized carbons (Fsp3) is 0.357. The van der Waals surface area contributed by atoms with Crippen molar-refractivity contribution in [1.29, 1.82) is 10.5 Å². The summed E-state index contributed by atoms with van der Waals surface area (Å²) < 4.78 is 0. The molecule has 0 aromatic heterocycles. The molecule has 0 heterocycles. The SMILES string of the molecule is CCCC(C#N)C(=O)Nc1cccc(C)c1C#N. The van der Waals surface area contributed by atoms with Crippen LogP contribution < -0.4 is 5.32 Å². The summed E-state index contributed by atoms with van der Waals surface area (Å²) in [7, 11) is 0. The van der Waals surface area contributed by atoms with E-state index in [4.69, 9.17) is 10.5 Å². The van der Waals surface area contributed by atoms with Crippen molar-refractivity contribution in [2.45, 2.75) is 26.7 Å². The van der Waals surface area contributed by atoms with Crippen molar-refractivity contribution in [1.82, 2.24) is 0 Å². The summed E-state index contributed by atoms with van der Waals surface area (Å²) in [5, 5.41) is 20.6. The normalized spacial score (nSPS) is 11.1. The van der Waals surface area contributed by atoms with Crippen LogP contribution in [0.2, 0.25) is 0 Å². The molecule has 0 aliphatic heterocycles. The van der Waals surface area contributed by atoms with E-state index in [2.05, 4.69) is 11.4 Å². The van der Waals surface area contributed by atoms with Crippen molar-refractivity contribution >= 4 is 11.6 Å². The predicted molar refractivity (Wildman–Crippen MR) is 68.5 cm³/mol. The number of amides is 1. The molecular weight excluding hydrogens is 226 g/mol. The van der Waals surface area contributed by atoms with Gasteiger partial charge in [0.15, 0.2) is 0 Å². The molecule has 1 amide bonds. The number of rotatable bonds is 4. The van der Waals surface area contributed by atoms with Gasteiger partial charge in [0.05, 0.1) is 17.3 Å². The molecule has 0 radical (unpaired) electrons. The number of hydrogen-bond donors (Lipinski definition) is 1. The fourth-order valence-electron chi connectivity index (χ4n) is 1.68. The Hall–Kier alpha value is -2.33. The number of benzene rings is 1. The molecule has 92 valence electrons. The van der Waals surface area contributed by atoms with E-state index in [9.17, 15) is 4.79 Å². The van der Waals surface area contributed by atoms with E-state index in [0.29, 0.717) is 17.7 Å². The Balaban J connectivity index is 2.93. The summed E-state index contributed by atoms with van der Waals surface area (Å²) in [5.41, 5.74) is 1.72. The lowest BCUT2D eigenvalue weighted by Crippen LogP contribution is -2.22. The maximum Gasteiger partial charge on any atom is 0.241 e. The van der Waals surface area contributed by atoms with Crippen molar-refractivity contribution in [2.75, 3.05) is 5.32 Å². The van der Waals surface area contributed by atoms with Gasteiger partial charge in [-0.2, -0.15) is 10.5 Å². The van der Waals surface area contributed by atoms with Crippen molar-refractivity contribution in [3.63, 3.8) is 0 Å². The average Bonchev–Trinajstić information content (AvgIpc) is 2.36. The van der Waals surface area contributed by atoms with Gasteiger partial charge in [0.2, 0.25) is 5.91 Å². The minimum atomic E-state index is -0.665. The van der Waals surface area contributed by atoms with Crippen LogP contribution in [0.4, 0.5) is 5.69 Å². The first-order chi connectivity index (χ1) is 8.63. The second-order valence-electron chi connectivity index (χ2n) is 4.07. The molecule has 0 aliphatic rings. The summed E-state index contributed by atoms with van der Waals surface area (Å²) in [5.74, 6) is -1.01. The molecule has 0 saturated carbocycles. The van der Waals surface area contributed by atoms with Crippen molar-refractivity contribution in [3.8, 4) is 12.1 Å². The molecule has 1 aromatic rings. The van der Waals surface area contributed by atoms with Crippen LogP contribution in [-0.2, 0) is 4.79 Å². The second kappa shape index (κ2) is 6.42. The van der Waals surface area contributed by atoms with E-state index in [-0.39, 0.29) is 5.91 Å². The standard InChI is InChI=1S/C14H15N3O/c1-3-5-11(8-15)14(18)17-13-7-4-6-10(2)12(13)9-16/h4,6-7,11H,3,5H2,1-2H3,(H,17,18). The van der Waals surface area contributed by atoms with Crippen LogP contribution in [0.3, 0.4) is 0 Å². The Kier molecular flexibility index (Phi) is 4.90. The molecule has 0 saturated heterocycles. The van der Waals surface area contributed by atoms with E-state index >= 15 is 0 Å². The molecule has 1 unspecified atom stereocenters.